The van der Waals surface area contributed by atoms with Crippen molar-refractivity contribution in [2.24, 2.45) is 0 Å². The number of ether oxygens (including phenoxy) is 1. The quantitative estimate of drug-likeness (QED) is 0.626. The molecule has 1 amide bonds. The van der Waals surface area contributed by atoms with Crippen molar-refractivity contribution >= 4 is 32.4 Å². The summed E-state index contributed by atoms with van der Waals surface area (Å²) < 4.78 is 32.9. The van der Waals surface area contributed by atoms with Crippen LogP contribution in [-0.4, -0.2) is 38.8 Å². The van der Waals surface area contributed by atoms with Crippen LogP contribution < -0.4 is 10.1 Å². The van der Waals surface area contributed by atoms with Gasteiger partial charge in [0.25, 0.3) is 0 Å². The van der Waals surface area contributed by atoms with Crippen LogP contribution in [0.5, 0.6) is 5.75 Å². The zero-order valence-corrected chi connectivity index (χ0v) is 18.3. The highest BCUT2D eigenvalue weighted by Crippen LogP contribution is 2.30. The third-order valence-electron chi connectivity index (χ3n) is 5.63. The number of hydrogen-bond acceptors (Lipinski definition) is 4. The van der Waals surface area contributed by atoms with Gasteiger partial charge < -0.3 is 10.1 Å². The third kappa shape index (κ3) is 4.57. The van der Waals surface area contributed by atoms with E-state index in [-0.39, 0.29) is 17.2 Å². The summed E-state index contributed by atoms with van der Waals surface area (Å²) in [5, 5.41) is 4.93. The molecule has 1 aliphatic rings. The van der Waals surface area contributed by atoms with Crippen LogP contribution in [-0.2, 0) is 21.2 Å². The molecular formula is C24H26N2O4S. The molecule has 7 heteroatoms. The Balaban J connectivity index is 1.58. The highest BCUT2D eigenvalue weighted by Gasteiger charge is 2.27. The van der Waals surface area contributed by atoms with Crippen molar-refractivity contribution in [3.63, 3.8) is 0 Å². The summed E-state index contributed by atoms with van der Waals surface area (Å²) >= 11 is 0. The SMILES string of the molecule is COc1ccc(S(=O)(=O)N2CCCCC2)cc1NC(=O)Cc1cccc2ccccc12. The molecule has 0 spiro atoms. The molecule has 1 heterocycles. The van der Waals surface area contributed by atoms with Gasteiger partial charge >= 0.3 is 0 Å². The lowest BCUT2D eigenvalue weighted by Gasteiger charge is -2.26. The number of carbonyl (C=O) groups excluding carboxylic acids is 1. The average Bonchev–Trinajstić information content (AvgIpc) is 2.80. The highest BCUT2D eigenvalue weighted by molar-refractivity contribution is 7.89. The fraction of sp³-hybridized carbons (Fsp3) is 0.292. The van der Waals surface area contributed by atoms with Crippen LogP contribution in [0.1, 0.15) is 24.8 Å². The van der Waals surface area contributed by atoms with Crippen LogP contribution in [0.4, 0.5) is 5.69 Å². The number of piperidine rings is 1. The first-order valence-corrected chi connectivity index (χ1v) is 11.9. The molecule has 1 fully saturated rings. The van der Waals surface area contributed by atoms with Crippen molar-refractivity contribution < 1.29 is 17.9 Å². The van der Waals surface area contributed by atoms with Gasteiger partial charge in [-0.05, 0) is 47.4 Å². The summed E-state index contributed by atoms with van der Waals surface area (Å²) in [6.07, 6.45) is 2.95. The highest BCUT2D eigenvalue weighted by atomic mass is 32.2. The fourth-order valence-corrected chi connectivity index (χ4v) is 5.56. The van der Waals surface area contributed by atoms with Gasteiger partial charge in [0.1, 0.15) is 5.75 Å². The predicted molar refractivity (Wildman–Crippen MR) is 122 cm³/mol. The van der Waals surface area contributed by atoms with Crippen molar-refractivity contribution in [3.05, 3.63) is 66.2 Å². The minimum absolute atomic E-state index is 0.163. The maximum Gasteiger partial charge on any atom is 0.243 e. The monoisotopic (exact) mass is 438 g/mol. The molecule has 1 aliphatic heterocycles. The van der Waals surface area contributed by atoms with Crippen molar-refractivity contribution in [1.82, 2.24) is 4.31 Å². The summed E-state index contributed by atoms with van der Waals surface area (Å²) in [7, 11) is -2.11. The first-order chi connectivity index (χ1) is 15.0. The lowest BCUT2D eigenvalue weighted by Crippen LogP contribution is -2.35. The zero-order chi connectivity index (χ0) is 21.8. The summed E-state index contributed by atoms with van der Waals surface area (Å²) in [5.74, 6) is 0.186. The van der Waals surface area contributed by atoms with E-state index in [1.165, 1.54) is 23.5 Å². The van der Waals surface area contributed by atoms with Gasteiger partial charge in [0.15, 0.2) is 0 Å². The van der Waals surface area contributed by atoms with E-state index in [4.69, 9.17) is 4.74 Å². The van der Waals surface area contributed by atoms with Crippen LogP contribution in [0, 0.1) is 0 Å². The van der Waals surface area contributed by atoms with Crippen LogP contribution in [0.25, 0.3) is 10.8 Å². The summed E-state index contributed by atoms with van der Waals surface area (Å²) in [6.45, 7) is 1.05. The number of amides is 1. The second-order valence-electron chi connectivity index (χ2n) is 7.69. The zero-order valence-electron chi connectivity index (χ0n) is 17.5. The molecule has 162 valence electrons. The van der Waals surface area contributed by atoms with Crippen molar-refractivity contribution in [3.8, 4) is 5.75 Å². The van der Waals surface area contributed by atoms with Crippen molar-refractivity contribution in [2.75, 3.05) is 25.5 Å². The van der Waals surface area contributed by atoms with E-state index in [1.54, 1.807) is 6.07 Å². The van der Waals surface area contributed by atoms with E-state index in [9.17, 15) is 13.2 Å². The molecule has 0 aliphatic carbocycles. The number of rotatable bonds is 6. The Morgan fingerprint density at radius 1 is 1.00 bits per heavy atom. The maximum absolute atomic E-state index is 13.0. The van der Waals surface area contributed by atoms with E-state index < -0.39 is 10.0 Å². The van der Waals surface area contributed by atoms with Crippen LogP contribution in [0.3, 0.4) is 0 Å². The normalized spacial score (nSPS) is 15.0. The summed E-state index contributed by atoms with van der Waals surface area (Å²) in [4.78, 5) is 13.0. The molecule has 0 aromatic heterocycles. The number of carbonyl (C=O) groups is 1. The van der Waals surface area contributed by atoms with Crippen molar-refractivity contribution in [2.45, 2.75) is 30.6 Å². The molecule has 31 heavy (non-hydrogen) atoms. The fourth-order valence-electron chi connectivity index (χ4n) is 4.01. The lowest BCUT2D eigenvalue weighted by atomic mass is 10.0. The number of hydrogen-bond donors (Lipinski definition) is 1. The van der Waals surface area contributed by atoms with Gasteiger partial charge in [-0.15, -0.1) is 0 Å². The van der Waals surface area contributed by atoms with Gasteiger partial charge in [-0.25, -0.2) is 8.42 Å². The molecule has 0 saturated carbocycles. The standard InChI is InChI=1S/C24H26N2O4S/c1-30-23-13-12-20(31(28,29)26-14-5-2-6-15-26)17-22(23)25-24(27)16-19-10-7-9-18-8-3-4-11-21(18)19/h3-4,7-13,17H,2,5-6,14-16H2,1H3,(H,25,27). The van der Waals surface area contributed by atoms with E-state index in [0.717, 1.165) is 35.6 Å². The van der Waals surface area contributed by atoms with Gasteiger partial charge in [0, 0.05) is 13.1 Å². The number of nitrogens with one attached hydrogen (secondary N) is 1. The van der Waals surface area contributed by atoms with Gasteiger partial charge in [-0.1, -0.05) is 48.9 Å². The Bertz CT molecular complexity index is 1200. The van der Waals surface area contributed by atoms with Crippen LogP contribution in [0.15, 0.2) is 65.6 Å². The lowest BCUT2D eigenvalue weighted by molar-refractivity contribution is -0.115. The first kappa shape index (κ1) is 21.3. The number of fused-ring (bicyclic) bond motifs is 1. The summed E-state index contributed by atoms with van der Waals surface area (Å²) in [5.41, 5.74) is 1.26. The van der Waals surface area contributed by atoms with E-state index >= 15 is 0 Å². The Morgan fingerprint density at radius 2 is 1.74 bits per heavy atom. The largest absolute Gasteiger partial charge is 0.495 e. The number of methoxy groups -OCH3 is 1. The second-order valence-corrected chi connectivity index (χ2v) is 9.63. The molecular weight excluding hydrogens is 412 g/mol. The first-order valence-electron chi connectivity index (χ1n) is 10.4. The smallest absolute Gasteiger partial charge is 0.243 e. The number of benzene rings is 3. The molecule has 0 atom stereocenters. The predicted octanol–water partition coefficient (Wildman–Crippen LogP) is 4.20. The molecule has 3 aromatic carbocycles. The van der Waals surface area contributed by atoms with E-state index in [1.807, 2.05) is 42.5 Å². The Morgan fingerprint density at radius 3 is 2.52 bits per heavy atom. The minimum Gasteiger partial charge on any atom is -0.495 e. The molecule has 0 radical (unpaired) electrons. The molecule has 1 N–H and O–H groups in total. The van der Waals surface area contributed by atoms with Gasteiger partial charge in [-0.3, -0.25) is 4.79 Å². The van der Waals surface area contributed by atoms with Gasteiger partial charge in [0.05, 0.1) is 24.1 Å². The Kier molecular flexibility index (Phi) is 6.25. The Labute approximate surface area is 182 Å². The molecule has 1 saturated heterocycles. The molecule has 0 unspecified atom stereocenters. The number of sulfonamides is 1. The van der Waals surface area contributed by atoms with Crippen LogP contribution >= 0.6 is 0 Å². The molecule has 4 rings (SSSR count). The topological polar surface area (TPSA) is 75.7 Å². The van der Waals surface area contributed by atoms with Crippen LogP contribution in [0.2, 0.25) is 0 Å². The van der Waals surface area contributed by atoms with E-state index in [2.05, 4.69) is 5.32 Å². The molecule has 0 bridgehead atoms. The molecule has 6 nitrogen and oxygen atoms in total. The Hall–Kier alpha value is -2.90. The number of nitrogens with zero attached hydrogens (tertiary/aromatic N) is 1. The minimum atomic E-state index is -3.61. The second kappa shape index (κ2) is 9.08. The summed E-state index contributed by atoms with van der Waals surface area (Å²) in [6, 6.07) is 18.4. The average molecular weight is 439 g/mol. The van der Waals surface area contributed by atoms with E-state index in [0.29, 0.717) is 24.5 Å². The van der Waals surface area contributed by atoms with Gasteiger partial charge in [0.2, 0.25) is 15.9 Å². The van der Waals surface area contributed by atoms with Crippen molar-refractivity contribution in [1.29, 1.82) is 0 Å². The maximum atomic E-state index is 13.0. The third-order valence-corrected chi connectivity index (χ3v) is 7.52. The molecule has 3 aromatic rings. The van der Waals surface area contributed by atoms with Gasteiger partial charge in [-0.2, -0.15) is 4.31 Å². The number of anilines is 1.